The van der Waals surface area contributed by atoms with E-state index in [9.17, 15) is 0 Å². The van der Waals surface area contributed by atoms with E-state index in [1.54, 1.807) is 0 Å². The summed E-state index contributed by atoms with van der Waals surface area (Å²) >= 11 is 16.9. The van der Waals surface area contributed by atoms with E-state index in [0.717, 1.165) is 0 Å². The lowest BCUT2D eigenvalue weighted by atomic mass is 10.1. The number of allylic oxidation sites excluding steroid dienone is 4. The van der Waals surface area contributed by atoms with Gasteiger partial charge in [-0.1, -0.05) is 34.8 Å². The maximum Gasteiger partial charge on any atom is 0.298 e. The molecule has 0 unspecified atom stereocenters. The molecule has 0 fully saturated rings. The molecule has 5 heteroatoms. The number of halogens is 3. The summed E-state index contributed by atoms with van der Waals surface area (Å²) in [5.74, 6) is 0. The summed E-state index contributed by atoms with van der Waals surface area (Å²) in [5.41, 5.74) is 8.78. The van der Waals surface area contributed by atoms with Gasteiger partial charge in [0.25, 0.3) is 5.71 Å². The number of hydrogen-bond donors (Lipinski definition) is 0. The topological polar surface area (TPSA) is 36.4 Å². The third-order valence-corrected chi connectivity index (χ3v) is 2.45. The van der Waals surface area contributed by atoms with Crippen LogP contribution in [0, 0.1) is 0 Å². The maximum atomic E-state index is 8.37. The number of rotatable bonds is 0. The van der Waals surface area contributed by atoms with E-state index in [1.165, 1.54) is 6.08 Å². The molecule has 0 heterocycles. The quantitative estimate of drug-likeness (QED) is 0.434. The Morgan fingerprint density at radius 3 is 2.45 bits per heavy atom. The molecule has 11 heavy (non-hydrogen) atoms. The van der Waals surface area contributed by atoms with Gasteiger partial charge in [-0.2, -0.15) is 4.79 Å². The van der Waals surface area contributed by atoms with Crippen LogP contribution >= 0.6 is 34.8 Å². The predicted octanol–water partition coefficient (Wildman–Crippen LogP) is 2.87. The van der Waals surface area contributed by atoms with Crippen molar-refractivity contribution < 1.29 is 4.79 Å². The largest absolute Gasteiger partial charge is 0.361 e. The standard InChI is InChI=1S/C6H3Cl3N2/c7-4-1-3(11-10)2-5(8)6(4)9/h1H,2H2. The van der Waals surface area contributed by atoms with Crippen molar-refractivity contribution in [1.82, 2.24) is 0 Å². The van der Waals surface area contributed by atoms with Gasteiger partial charge in [0.05, 0.1) is 16.5 Å². The smallest absolute Gasteiger partial charge is 0.298 e. The van der Waals surface area contributed by atoms with E-state index in [-0.39, 0.29) is 0 Å². The van der Waals surface area contributed by atoms with Crippen molar-refractivity contribution >= 4 is 40.5 Å². The highest BCUT2D eigenvalue weighted by atomic mass is 35.5. The Hall–Kier alpha value is -0.270. The third kappa shape index (κ3) is 1.85. The zero-order valence-electron chi connectivity index (χ0n) is 5.31. The molecule has 0 aromatic rings. The third-order valence-electron chi connectivity index (χ3n) is 1.21. The fourth-order valence-corrected chi connectivity index (χ4v) is 1.34. The Labute approximate surface area is 78.7 Å². The number of hydrogen-bond acceptors (Lipinski definition) is 0. The molecule has 0 aromatic carbocycles. The minimum Gasteiger partial charge on any atom is -0.361 e. The van der Waals surface area contributed by atoms with Gasteiger partial charge in [0.1, 0.15) is 0 Å². The van der Waals surface area contributed by atoms with Crippen LogP contribution in [-0.2, 0) is 0 Å². The maximum absolute atomic E-state index is 8.37. The SMILES string of the molecule is [N-]=[N+]=C1C=C(Cl)C(Cl)=C(Cl)C1. The van der Waals surface area contributed by atoms with Crippen molar-refractivity contribution in [2.24, 2.45) is 0 Å². The van der Waals surface area contributed by atoms with Gasteiger partial charge in [0.2, 0.25) is 0 Å². The highest BCUT2D eigenvalue weighted by molar-refractivity contribution is 6.49. The Kier molecular flexibility index (Phi) is 2.74. The van der Waals surface area contributed by atoms with E-state index in [0.29, 0.717) is 27.2 Å². The minimum atomic E-state index is 0.302. The van der Waals surface area contributed by atoms with Crippen molar-refractivity contribution in [1.29, 1.82) is 0 Å². The second kappa shape index (κ2) is 3.42. The van der Waals surface area contributed by atoms with Crippen LogP contribution in [0.3, 0.4) is 0 Å². The summed E-state index contributed by atoms with van der Waals surface area (Å²) in [6.07, 6.45) is 1.79. The molecular weight excluding hydrogens is 206 g/mol. The summed E-state index contributed by atoms with van der Waals surface area (Å²) in [7, 11) is 0. The highest BCUT2D eigenvalue weighted by Gasteiger charge is 2.19. The second-order valence-electron chi connectivity index (χ2n) is 1.98. The van der Waals surface area contributed by atoms with Gasteiger partial charge in [-0.15, -0.1) is 0 Å². The van der Waals surface area contributed by atoms with E-state index in [2.05, 4.69) is 4.79 Å². The predicted molar refractivity (Wildman–Crippen MR) is 45.9 cm³/mol. The summed E-state index contributed by atoms with van der Waals surface area (Å²) in [4.78, 5) is 2.96. The second-order valence-corrected chi connectivity index (χ2v) is 3.22. The van der Waals surface area contributed by atoms with E-state index in [1.807, 2.05) is 0 Å². The van der Waals surface area contributed by atoms with Crippen molar-refractivity contribution in [3.63, 3.8) is 0 Å². The van der Waals surface area contributed by atoms with E-state index in [4.69, 9.17) is 40.3 Å². The van der Waals surface area contributed by atoms with Gasteiger partial charge >= 0.3 is 0 Å². The molecule has 0 spiro atoms. The minimum absolute atomic E-state index is 0.302. The van der Waals surface area contributed by atoms with Crippen LogP contribution in [0.25, 0.3) is 5.53 Å². The molecule has 0 aliphatic heterocycles. The lowest BCUT2D eigenvalue weighted by Crippen LogP contribution is -2.02. The van der Waals surface area contributed by atoms with Crippen molar-refractivity contribution in [2.45, 2.75) is 6.42 Å². The zero-order valence-corrected chi connectivity index (χ0v) is 7.58. The highest BCUT2D eigenvalue weighted by Crippen LogP contribution is 2.31. The van der Waals surface area contributed by atoms with Gasteiger partial charge in [-0.3, -0.25) is 0 Å². The fraction of sp³-hybridized carbons (Fsp3) is 0.167. The monoisotopic (exact) mass is 208 g/mol. The summed E-state index contributed by atoms with van der Waals surface area (Å²) < 4.78 is 0. The molecule has 0 atom stereocenters. The molecule has 58 valence electrons. The summed E-state index contributed by atoms with van der Waals surface area (Å²) in [6.45, 7) is 0. The van der Waals surface area contributed by atoms with Crippen LogP contribution in [0.5, 0.6) is 0 Å². The first kappa shape index (κ1) is 8.82. The Bertz CT molecular complexity index is 297. The van der Waals surface area contributed by atoms with Crippen molar-refractivity contribution in [3.8, 4) is 0 Å². The molecular formula is C6H3Cl3N2. The fourth-order valence-electron chi connectivity index (χ4n) is 0.691. The lowest BCUT2D eigenvalue weighted by Gasteiger charge is -2.03. The van der Waals surface area contributed by atoms with E-state index < -0.39 is 0 Å². The molecule has 0 saturated carbocycles. The van der Waals surface area contributed by atoms with Crippen LogP contribution in [-0.4, -0.2) is 10.5 Å². The number of nitrogens with zero attached hydrogens (tertiary/aromatic N) is 2. The average Bonchev–Trinajstić information content (AvgIpc) is 1.99. The normalized spacial score (nSPS) is 18.1. The molecule has 1 rings (SSSR count). The van der Waals surface area contributed by atoms with Gasteiger partial charge in [-0.25, -0.2) is 0 Å². The first-order valence-electron chi connectivity index (χ1n) is 2.78. The van der Waals surface area contributed by atoms with Crippen LogP contribution < -0.4 is 0 Å². The van der Waals surface area contributed by atoms with Crippen molar-refractivity contribution in [3.05, 3.63) is 26.7 Å². The Morgan fingerprint density at radius 1 is 1.36 bits per heavy atom. The molecule has 0 saturated heterocycles. The molecule has 0 aromatic heterocycles. The van der Waals surface area contributed by atoms with Gasteiger partial charge in [0.15, 0.2) is 0 Å². The van der Waals surface area contributed by atoms with Crippen LogP contribution in [0.1, 0.15) is 6.42 Å². The Balaban J connectivity index is 3.10. The molecule has 0 amide bonds. The molecule has 2 nitrogen and oxygen atoms in total. The lowest BCUT2D eigenvalue weighted by molar-refractivity contribution is -0.00549. The molecule has 0 bridgehead atoms. The van der Waals surface area contributed by atoms with Crippen molar-refractivity contribution in [2.75, 3.05) is 0 Å². The zero-order chi connectivity index (χ0) is 8.43. The van der Waals surface area contributed by atoms with Gasteiger partial charge < -0.3 is 5.53 Å². The Morgan fingerprint density at radius 2 is 2.00 bits per heavy atom. The average molecular weight is 209 g/mol. The van der Waals surface area contributed by atoms with Gasteiger partial charge in [-0.05, 0) is 0 Å². The summed E-state index contributed by atoms with van der Waals surface area (Å²) in [5, 5.41) is 1.02. The van der Waals surface area contributed by atoms with Crippen LogP contribution in [0.15, 0.2) is 21.2 Å². The van der Waals surface area contributed by atoms with Gasteiger partial charge in [0, 0.05) is 11.1 Å². The first-order chi connectivity index (χ1) is 5.15. The van der Waals surface area contributed by atoms with Crippen LogP contribution in [0.2, 0.25) is 0 Å². The first-order valence-corrected chi connectivity index (χ1v) is 3.91. The van der Waals surface area contributed by atoms with Crippen LogP contribution in [0.4, 0.5) is 0 Å². The summed E-state index contributed by atoms with van der Waals surface area (Å²) in [6, 6.07) is 0. The molecule has 1 aliphatic carbocycles. The van der Waals surface area contributed by atoms with E-state index >= 15 is 0 Å². The molecule has 1 aliphatic rings. The molecule has 0 radical (unpaired) electrons. The molecule has 0 N–H and O–H groups in total.